The van der Waals surface area contributed by atoms with Gasteiger partial charge in [-0.3, -0.25) is 4.98 Å². The van der Waals surface area contributed by atoms with Gasteiger partial charge in [0.15, 0.2) is 0 Å². The maximum absolute atomic E-state index is 13.6. The molecule has 2 heterocycles. The van der Waals surface area contributed by atoms with Crippen molar-refractivity contribution in [3.63, 3.8) is 0 Å². The highest BCUT2D eigenvalue weighted by Crippen LogP contribution is 2.50. The van der Waals surface area contributed by atoms with Crippen molar-refractivity contribution in [2.75, 3.05) is 13.2 Å². The molecule has 1 saturated heterocycles. The zero-order chi connectivity index (χ0) is 25.3. The van der Waals surface area contributed by atoms with E-state index in [1.54, 1.807) is 19.2 Å². The van der Waals surface area contributed by atoms with Crippen molar-refractivity contribution >= 4 is 22.2 Å². The molecule has 1 aromatic heterocycles. The summed E-state index contributed by atoms with van der Waals surface area (Å²) in [7, 11) is -3.34. The van der Waals surface area contributed by atoms with Crippen molar-refractivity contribution < 1.29 is 22.3 Å². The number of hydrogen-bond acceptors (Lipinski definition) is 5. The van der Waals surface area contributed by atoms with Crippen LogP contribution in [0, 0.1) is 29.5 Å². The molecule has 1 amide bonds. The molecule has 7 nitrogen and oxygen atoms in total. The number of carbonyl (C=O) groups is 1. The van der Waals surface area contributed by atoms with Crippen LogP contribution in [-0.2, 0) is 14.8 Å². The molecule has 2 saturated carbocycles. The molecule has 5 rings (SSSR count). The summed E-state index contributed by atoms with van der Waals surface area (Å²) >= 11 is 0. The number of ether oxygens (including phenoxy) is 1. The van der Waals surface area contributed by atoms with Gasteiger partial charge in [0.25, 0.3) is 0 Å². The van der Waals surface area contributed by atoms with E-state index in [0.29, 0.717) is 25.5 Å². The lowest BCUT2D eigenvalue weighted by atomic mass is 9.60. The zero-order valence-electron chi connectivity index (χ0n) is 20.3. The second kappa shape index (κ2) is 10.3. The number of hydrogen-bond donors (Lipinski definition) is 2. The molecule has 0 spiro atoms. The molecule has 0 radical (unpaired) electrons. The minimum Gasteiger partial charge on any atom is -0.450 e. The second-order valence-corrected chi connectivity index (χ2v) is 12.0. The Hall–Kier alpha value is -2.78. The number of aromatic nitrogens is 1. The number of fused-ring (bicyclic) bond motifs is 2. The van der Waals surface area contributed by atoms with Crippen LogP contribution < -0.4 is 10.0 Å². The highest BCUT2D eigenvalue weighted by atomic mass is 32.2. The van der Waals surface area contributed by atoms with Gasteiger partial charge in [-0.15, -0.1) is 0 Å². The van der Waals surface area contributed by atoms with E-state index in [1.165, 1.54) is 12.1 Å². The second-order valence-electron chi connectivity index (χ2n) is 10.0. The van der Waals surface area contributed by atoms with E-state index in [9.17, 15) is 17.6 Å². The minimum absolute atomic E-state index is 0.000537. The first kappa shape index (κ1) is 24.9. The monoisotopic (exact) mass is 513 g/mol. The number of halogens is 1. The predicted octanol–water partition coefficient (Wildman–Crippen LogP) is 4.37. The summed E-state index contributed by atoms with van der Waals surface area (Å²) in [5.74, 6) is 0.398. The van der Waals surface area contributed by atoms with Gasteiger partial charge in [-0.1, -0.05) is 24.3 Å². The lowest BCUT2D eigenvalue weighted by molar-refractivity contribution is 0.0742. The first-order chi connectivity index (χ1) is 17.3. The minimum atomic E-state index is -3.34. The van der Waals surface area contributed by atoms with Crippen LogP contribution in [0.3, 0.4) is 0 Å². The Morgan fingerprint density at radius 2 is 2.06 bits per heavy atom. The maximum Gasteiger partial charge on any atom is 0.407 e. The molecule has 9 heteroatoms. The Balaban J connectivity index is 1.34. The summed E-state index contributed by atoms with van der Waals surface area (Å²) in [4.78, 5) is 16.5. The lowest BCUT2D eigenvalue weighted by Gasteiger charge is -2.47. The van der Waals surface area contributed by atoms with Gasteiger partial charge in [-0.05, 0) is 86.1 Å². The standard InChI is InChI=1S/C27H32FN3O4S/c1-2-35-27(32)31-22-9-10-23-19(13-22)14-26-25(16-30-36(26,33)34)24(23)11-8-21-7-6-18(15-29-21)17-4-3-5-20(28)12-17/h3-8,11-12,15,19,22-26,30H,2,9-10,13-14,16H2,1H3,(H,31,32)/b11-8+/t19-,22-,23+,24-,25-,26+/m0/s1. The maximum atomic E-state index is 13.6. The highest BCUT2D eigenvalue weighted by Gasteiger charge is 2.53. The quantitative estimate of drug-likeness (QED) is 0.619. The lowest BCUT2D eigenvalue weighted by Crippen LogP contribution is -2.49. The molecular formula is C27H32FN3O4S. The Kier molecular flexibility index (Phi) is 7.12. The third-order valence-electron chi connectivity index (χ3n) is 7.99. The molecule has 2 N–H and O–H groups in total. The third-order valence-corrected chi connectivity index (χ3v) is 9.90. The van der Waals surface area contributed by atoms with Gasteiger partial charge in [0.1, 0.15) is 5.82 Å². The average molecular weight is 514 g/mol. The summed E-state index contributed by atoms with van der Waals surface area (Å²) < 4.78 is 46.9. The van der Waals surface area contributed by atoms with Crippen molar-refractivity contribution in [2.45, 2.75) is 43.9 Å². The molecule has 1 aromatic carbocycles. The summed E-state index contributed by atoms with van der Waals surface area (Å²) in [6, 6.07) is 10.2. The Morgan fingerprint density at radius 3 is 2.81 bits per heavy atom. The van der Waals surface area contributed by atoms with Crippen LogP contribution >= 0.6 is 0 Å². The van der Waals surface area contributed by atoms with Crippen molar-refractivity contribution in [1.29, 1.82) is 0 Å². The largest absolute Gasteiger partial charge is 0.450 e. The number of nitrogens with zero attached hydrogens (tertiary/aromatic N) is 1. The van der Waals surface area contributed by atoms with Gasteiger partial charge in [-0.2, -0.15) is 0 Å². The molecular weight excluding hydrogens is 481 g/mol. The number of amides is 1. The first-order valence-electron chi connectivity index (χ1n) is 12.7. The number of nitrogens with one attached hydrogen (secondary N) is 2. The summed E-state index contributed by atoms with van der Waals surface area (Å²) in [6.45, 7) is 2.56. The molecule has 3 aliphatic rings. The molecule has 192 valence electrons. The molecule has 0 bridgehead atoms. The highest BCUT2D eigenvalue weighted by molar-refractivity contribution is 7.90. The third kappa shape index (κ3) is 5.18. The number of benzene rings is 1. The number of alkyl carbamates (subject to hydrolysis) is 1. The number of sulfonamides is 1. The number of carbonyl (C=O) groups excluding carboxylic acids is 1. The predicted molar refractivity (Wildman–Crippen MR) is 136 cm³/mol. The van der Waals surface area contributed by atoms with Crippen LogP contribution in [0.25, 0.3) is 17.2 Å². The first-order valence-corrected chi connectivity index (χ1v) is 14.2. The van der Waals surface area contributed by atoms with Crippen molar-refractivity contribution in [1.82, 2.24) is 15.0 Å². The van der Waals surface area contributed by atoms with E-state index in [1.807, 2.05) is 24.3 Å². The summed E-state index contributed by atoms with van der Waals surface area (Å²) in [6.07, 6.45) is 8.59. The van der Waals surface area contributed by atoms with Gasteiger partial charge in [-0.25, -0.2) is 22.3 Å². The van der Waals surface area contributed by atoms with Crippen LogP contribution in [0.2, 0.25) is 0 Å². The Labute approximate surface area is 211 Å². The van der Waals surface area contributed by atoms with E-state index in [2.05, 4.69) is 21.1 Å². The summed E-state index contributed by atoms with van der Waals surface area (Å²) in [5.41, 5.74) is 2.38. The van der Waals surface area contributed by atoms with Gasteiger partial charge in [0, 0.05) is 24.3 Å². The van der Waals surface area contributed by atoms with Gasteiger partial charge >= 0.3 is 6.09 Å². The molecule has 0 unspecified atom stereocenters. The van der Waals surface area contributed by atoms with E-state index in [4.69, 9.17) is 4.74 Å². The molecule has 36 heavy (non-hydrogen) atoms. The fourth-order valence-electron chi connectivity index (χ4n) is 6.36. The number of allylic oxidation sites excluding steroid dienone is 1. The number of rotatable bonds is 5. The zero-order valence-corrected chi connectivity index (χ0v) is 21.1. The van der Waals surface area contributed by atoms with Crippen LogP contribution in [0.5, 0.6) is 0 Å². The topological polar surface area (TPSA) is 97.4 Å². The van der Waals surface area contributed by atoms with Crippen LogP contribution in [-0.4, -0.2) is 43.9 Å². The normalized spacial score (nSPS) is 30.9. The summed E-state index contributed by atoms with van der Waals surface area (Å²) in [5, 5.41) is 2.53. The van der Waals surface area contributed by atoms with Gasteiger partial charge < -0.3 is 10.1 Å². The van der Waals surface area contributed by atoms with Crippen molar-refractivity contribution in [3.05, 3.63) is 60.2 Å². The van der Waals surface area contributed by atoms with E-state index in [0.717, 1.165) is 36.1 Å². The Bertz CT molecular complexity index is 1230. The average Bonchev–Trinajstić information content (AvgIpc) is 3.16. The molecule has 1 aliphatic heterocycles. The van der Waals surface area contributed by atoms with Crippen molar-refractivity contribution in [3.8, 4) is 11.1 Å². The molecule has 2 aliphatic carbocycles. The van der Waals surface area contributed by atoms with Gasteiger partial charge in [0.2, 0.25) is 10.0 Å². The van der Waals surface area contributed by atoms with E-state index >= 15 is 0 Å². The van der Waals surface area contributed by atoms with E-state index in [-0.39, 0.29) is 29.6 Å². The fourth-order valence-corrected chi connectivity index (χ4v) is 8.23. The van der Waals surface area contributed by atoms with Crippen LogP contribution in [0.4, 0.5) is 9.18 Å². The van der Waals surface area contributed by atoms with E-state index < -0.39 is 21.4 Å². The molecule has 6 atom stereocenters. The van der Waals surface area contributed by atoms with Crippen LogP contribution in [0.1, 0.15) is 38.3 Å². The Morgan fingerprint density at radius 1 is 1.19 bits per heavy atom. The fraction of sp³-hybridized carbons (Fsp3) is 0.481. The van der Waals surface area contributed by atoms with Gasteiger partial charge in [0.05, 0.1) is 17.6 Å². The van der Waals surface area contributed by atoms with Crippen LogP contribution in [0.15, 0.2) is 48.7 Å². The smallest absolute Gasteiger partial charge is 0.407 e. The molecule has 2 aromatic rings. The number of pyridine rings is 1. The molecule has 3 fully saturated rings. The SMILES string of the molecule is CCOC(=O)N[C@H]1CC[C@@H]2[C@@H](C1)C[C@@H]1[C@@H](CNS1(=O)=O)[C@H]2/C=C/c1ccc(-c2cccc(F)c2)cn1. The van der Waals surface area contributed by atoms with Crippen molar-refractivity contribution in [2.24, 2.45) is 23.7 Å².